The number of thiocarbonyl (C=S) groups is 1. The van der Waals surface area contributed by atoms with Crippen LogP contribution in [0.3, 0.4) is 0 Å². The van der Waals surface area contributed by atoms with Gasteiger partial charge in [-0.25, -0.2) is 8.42 Å². The molecular weight excluding hydrogens is 332 g/mol. The topological polar surface area (TPSA) is 83.6 Å². The zero-order valence-corrected chi connectivity index (χ0v) is 13.9. The number of benzene rings is 1. The van der Waals surface area contributed by atoms with E-state index in [1.165, 1.54) is 22.5 Å². The normalized spacial score (nSPS) is 24.0. The summed E-state index contributed by atoms with van der Waals surface area (Å²) in [6.45, 7) is 2.09. The average molecular weight is 349 g/mol. The molecule has 0 saturated carbocycles. The minimum Gasteiger partial charge on any atom is -0.389 e. The van der Waals surface area contributed by atoms with Gasteiger partial charge in [0.2, 0.25) is 10.0 Å². The van der Waals surface area contributed by atoms with Crippen LogP contribution < -0.4 is 5.73 Å². The summed E-state index contributed by atoms with van der Waals surface area (Å²) in [6, 6.07) is 4.27. The van der Waals surface area contributed by atoms with Gasteiger partial charge in [-0.1, -0.05) is 23.8 Å². The van der Waals surface area contributed by atoms with Gasteiger partial charge in [0.15, 0.2) is 0 Å². The van der Waals surface area contributed by atoms with Crippen molar-refractivity contribution in [1.29, 1.82) is 0 Å². The molecule has 0 spiro atoms. The molecule has 1 aromatic carbocycles. The smallest absolute Gasteiger partial charge is 0.243 e. The van der Waals surface area contributed by atoms with Gasteiger partial charge >= 0.3 is 0 Å². The van der Waals surface area contributed by atoms with E-state index in [0.29, 0.717) is 24.9 Å². The van der Waals surface area contributed by atoms with Gasteiger partial charge in [-0.3, -0.25) is 0 Å². The summed E-state index contributed by atoms with van der Waals surface area (Å²) in [7, 11) is -3.69. The van der Waals surface area contributed by atoms with Crippen LogP contribution >= 0.6 is 23.8 Å². The van der Waals surface area contributed by atoms with E-state index in [-0.39, 0.29) is 21.5 Å². The lowest BCUT2D eigenvalue weighted by Gasteiger charge is -2.35. The first kappa shape index (κ1) is 16.6. The second-order valence-corrected chi connectivity index (χ2v) is 8.23. The maximum Gasteiger partial charge on any atom is 0.243 e. The molecule has 1 saturated heterocycles. The molecule has 1 unspecified atom stereocenters. The summed E-state index contributed by atoms with van der Waals surface area (Å²) >= 11 is 10.9. The van der Waals surface area contributed by atoms with Crippen molar-refractivity contribution in [2.75, 3.05) is 13.1 Å². The van der Waals surface area contributed by atoms with Crippen molar-refractivity contribution in [2.45, 2.75) is 30.3 Å². The number of hydrogen-bond acceptors (Lipinski definition) is 4. The highest BCUT2D eigenvalue weighted by Gasteiger charge is 2.35. The largest absolute Gasteiger partial charge is 0.389 e. The molecular formula is C13H17ClN2O3S2. The molecule has 0 radical (unpaired) electrons. The number of β-amino-alcohol motifs (C(OH)–C–C–N with tert-alkyl or cyclic N) is 1. The van der Waals surface area contributed by atoms with Crippen molar-refractivity contribution in [3.8, 4) is 0 Å². The maximum atomic E-state index is 12.6. The second-order valence-electron chi connectivity index (χ2n) is 5.44. The molecule has 1 fully saturated rings. The van der Waals surface area contributed by atoms with E-state index in [1.807, 2.05) is 0 Å². The minimum absolute atomic E-state index is 0.0734. The molecule has 1 aliphatic rings. The van der Waals surface area contributed by atoms with Crippen molar-refractivity contribution in [2.24, 2.45) is 5.73 Å². The van der Waals surface area contributed by atoms with Crippen LogP contribution in [0, 0.1) is 0 Å². The van der Waals surface area contributed by atoms with E-state index in [1.54, 1.807) is 6.92 Å². The first-order valence-corrected chi connectivity index (χ1v) is 8.68. The lowest BCUT2D eigenvalue weighted by atomic mass is 9.97. The number of aliphatic hydroxyl groups is 1. The molecule has 116 valence electrons. The highest BCUT2D eigenvalue weighted by Crippen LogP contribution is 2.28. The Morgan fingerprint density at radius 3 is 2.71 bits per heavy atom. The number of nitrogens with two attached hydrogens (primary N) is 1. The van der Waals surface area contributed by atoms with Gasteiger partial charge in [-0.2, -0.15) is 4.31 Å². The summed E-state index contributed by atoms with van der Waals surface area (Å²) in [6.07, 6.45) is 1.20. The molecule has 0 bridgehead atoms. The summed E-state index contributed by atoms with van der Waals surface area (Å²) < 4.78 is 26.5. The third-order valence-electron chi connectivity index (χ3n) is 3.48. The SMILES string of the molecule is CC1(O)CCCN(S(=O)(=O)c2ccc(C(N)=S)c(Cl)c2)C1. The Labute approximate surface area is 134 Å². The van der Waals surface area contributed by atoms with Crippen LogP contribution in [0.5, 0.6) is 0 Å². The predicted octanol–water partition coefficient (Wildman–Crippen LogP) is 1.51. The first-order chi connectivity index (χ1) is 9.63. The number of nitrogens with zero attached hydrogens (tertiary/aromatic N) is 1. The molecule has 8 heteroatoms. The molecule has 0 aliphatic carbocycles. The van der Waals surface area contributed by atoms with E-state index >= 15 is 0 Å². The monoisotopic (exact) mass is 348 g/mol. The zero-order valence-electron chi connectivity index (χ0n) is 11.5. The molecule has 0 aromatic heterocycles. The van der Waals surface area contributed by atoms with Gasteiger partial charge in [0, 0.05) is 18.7 Å². The summed E-state index contributed by atoms with van der Waals surface area (Å²) in [5.41, 5.74) is 4.94. The van der Waals surface area contributed by atoms with Gasteiger partial charge < -0.3 is 10.8 Å². The van der Waals surface area contributed by atoms with E-state index in [9.17, 15) is 13.5 Å². The van der Waals surface area contributed by atoms with E-state index < -0.39 is 15.6 Å². The van der Waals surface area contributed by atoms with Gasteiger partial charge in [0.1, 0.15) is 4.99 Å². The third-order valence-corrected chi connectivity index (χ3v) is 5.86. The second kappa shape index (κ2) is 5.81. The van der Waals surface area contributed by atoms with Crippen LogP contribution in [-0.2, 0) is 10.0 Å². The predicted molar refractivity (Wildman–Crippen MR) is 86.0 cm³/mol. The van der Waals surface area contributed by atoms with Gasteiger partial charge in [-0.15, -0.1) is 0 Å². The lowest BCUT2D eigenvalue weighted by Crippen LogP contribution is -2.48. The van der Waals surface area contributed by atoms with Crippen molar-refractivity contribution in [3.05, 3.63) is 28.8 Å². The summed E-state index contributed by atoms with van der Waals surface area (Å²) in [4.78, 5) is 0.190. The Morgan fingerprint density at radius 2 is 2.19 bits per heavy atom. The van der Waals surface area contributed by atoms with E-state index in [0.717, 1.165) is 0 Å². The van der Waals surface area contributed by atoms with Crippen molar-refractivity contribution in [1.82, 2.24) is 4.31 Å². The molecule has 1 aromatic rings. The summed E-state index contributed by atoms with van der Waals surface area (Å²) in [5.74, 6) is 0. The van der Waals surface area contributed by atoms with Crippen LogP contribution in [0.1, 0.15) is 25.3 Å². The molecule has 0 amide bonds. The van der Waals surface area contributed by atoms with Gasteiger partial charge in [-0.05, 0) is 38.0 Å². The Hall–Kier alpha value is -0.730. The molecule has 21 heavy (non-hydrogen) atoms. The number of piperidine rings is 1. The molecule has 5 nitrogen and oxygen atoms in total. The van der Waals surface area contributed by atoms with Crippen LogP contribution in [-0.4, -0.2) is 41.5 Å². The van der Waals surface area contributed by atoms with Gasteiger partial charge in [0.05, 0.1) is 15.5 Å². The molecule has 1 heterocycles. The third kappa shape index (κ3) is 3.54. The molecule has 1 atom stereocenters. The Balaban J connectivity index is 2.36. The van der Waals surface area contributed by atoms with Crippen molar-refractivity contribution >= 4 is 38.8 Å². The minimum atomic E-state index is -3.69. The van der Waals surface area contributed by atoms with Crippen LogP contribution in [0.4, 0.5) is 0 Å². The molecule has 1 aliphatic heterocycles. The highest BCUT2D eigenvalue weighted by molar-refractivity contribution is 7.89. The molecule has 3 N–H and O–H groups in total. The first-order valence-electron chi connectivity index (χ1n) is 6.45. The fourth-order valence-electron chi connectivity index (χ4n) is 2.38. The Bertz CT molecular complexity index is 674. The summed E-state index contributed by atoms with van der Waals surface area (Å²) in [5, 5.41) is 10.3. The number of hydrogen-bond donors (Lipinski definition) is 2. The molecule has 2 rings (SSSR count). The van der Waals surface area contributed by atoms with Crippen LogP contribution in [0.15, 0.2) is 23.1 Å². The zero-order chi connectivity index (χ0) is 15.8. The Morgan fingerprint density at radius 1 is 1.52 bits per heavy atom. The Kier molecular flexibility index (Phi) is 4.60. The van der Waals surface area contributed by atoms with Crippen molar-refractivity contribution < 1.29 is 13.5 Å². The van der Waals surface area contributed by atoms with Gasteiger partial charge in [0.25, 0.3) is 0 Å². The maximum absolute atomic E-state index is 12.6. The standard InChI is InChI=1S/C13H17ClN2O3S2/c1-13(17)5-2-6-16(8-13)21(18,19)9-3-4-10(12(15)20)11(14)7-9/h3-4,7,17H,2,5-6,8H2,1H3,(H2,15,20). The average Bonchev–Trinajstić information content (AvgIpc) is 2.36. The van der Waals surface area contributed by atoms with E-state index in [2.05, 4.69) is 0 Å². The fraction of sp³-hybridized carbons (Fsp3) is 0.462. The lowest BCUT2D eigenvalue weighted by molar-refractivity contribution is 0.00940. The van der Waals surface area contributed by atoms with Crippen LogP contribution in [0.25, 0.3) is 0 Å². The number of rotatable bonds is 3. The van der Waals surface area contributed by atoms with Crippen LogP contribution in [0.2, 0.25) is 5.02 Å². The van der Waals surface area contributed by atoms with E-state index in [4.69, 9.17) is 29.6 Å². The fourth-order valence-corrected chi connectivity index (χ4v) is 4.59. The highest BCUT2D eigenvalue weighted by atomic mass is 35.5. The van der Waals surface area contributed by atoms with Crippen molar-refractivity contribution in [3.63, 3.8) is 0 Å². The quantitative estimate of drug-likeness (QED) is 0.809. The number of halogens is 1. The number of sulfonamides is 1.